The van der Waals surface area contributed by atoms with E-state index in [2.05, 4.69) is 5.10 Å². The largest absolute Gasteiger partial charge is 0.391 e. The van der Waals surface area contributed by atoms with E-state index in [0.717, 1.165) is 0 Å². The van der Waals surface area contributed by atoms with Crippen LogP contribution in [0.4, 0.5) is 0 Å². The maximum absolute atomic E-state index is 9.31. The number of hydrogen-bond donors (Lipinski definition) is 2. The van der Waals surface area contributed by atoms with Gasteiger partial charge in [0.1, 0.15) is 0 Å². The summed E-state index contributed by atoms with van der Waals surface area (Å²) in [5, 5.41) is 13.3. The van der Waals surface area contributed by atoms with Gasteiger partial charge < -0.3 is 10.8 Å². The first-order valence-corrected chi connectivity index (χ1v) is 3.72. The Bertz CT molecular complexity index is 234. The third kappa shape index (κ3) is 2.14. The van der Waals surface area contributed by atoms with Crippen LogP contribution in [0.5, 0.6) is 0 Å². The van der Waals surface area contributed by atoms with E-state index >= 15 is 0 Å². The highest BCUT2D eigenvalue weighted by Gasteiger charge is 2.38. The molecular formula is C7H13Cl2N3O. The molecule has 0 saturated heterocycles. The predicted molar refractivity (Wildman–Crippen MR) is 54.4 cm³/mol. The molecule has 0 amide bonds. The number of halogens is 2. The van der Waals surface area contributed by atoms with Gasteiger partial charge in [-0.3, -0.25) is 4.68 Å². The van der Waals surface area contributed by atoms with Crippen LogP contribution in [0.15, 0.2) is 18.5 Å². The van der Waals surface area contributed by atoms with Gasteiger partial charge in [0, 0.05) is 18.4 Å². The summed E-state index contributed by atoms with van der Waals surface area (Å²) in [7, 11) is 0. The van der Waals surface area contributed by atoms with Crippen molar-refractivity contribution in [1.82, 2.24) is 9.78 Å². The Hall–Kier alpha value is -0.290. The number of nitrogens with zero attached hydrogens (tertiary/aromatic N) is 2. The van der Waals surface area contributed by atoms with Crippen molar-refractivity contribution >= 4 is 24.8 Å². The molecule has 3 N–H and O–H groups in total. The summed E-state index contributed by atoms with van der Waals surface area (Å²) >= 11 is 0. The molecule has 0 unspecified atom stereocenters. The first kappa shape index (κ1) is 12.7. The van der Waals surface area contributed by atoms with Gasteiger partial charge in [0.25, 0.3) is 0 Å². The second-order valence-electron chi connectivity index (χ2n) is 2.94. The van der Waals surface area contributed by atoms with Gasteiger partial charge in [-0.15, -0.1) is 24.8 Å². The van der Waals surface area contributed by atoms with E-state index < -0.39 is 0 Å². The number of aliphatic hydroxyl groups excluding tert-OH is 1. The van der Waals surface area contributed by atoms with Crippen molar-refractivity contribution in [1.29, 1.82) is 0 Å². The highest BCUT2D eigenvalue weighted by Crippen LogP contribution is 2.29. The van der Waals surface area contributed by atoms with Gasteiger partial charge in [0.15, 0.2) is 0 Å². The summed E-state index contributed by atoms with van der Waals surface area (Å²) in [6, 6.07) is 1.88. The van der Waals surface area contributed by atoms with Gasteiger partial charge >= 0.3 is 0 Å². The van der Waals surface area contributed by atoms with Crippen LogP contribution in [0.1, 0.15) is 12.5 Å². The molecule has 1 aliphatic carbocycles. The lowest BCUT2D eigenvalue weighted by Gasteiger charge is -2.38. The molecule has 0 bridgehead atoms. The van der Waals surface area contributed by atoms with Crippen molar-refractivity contribution in [3.05, 3.63) is 18.5 Å². The zero-order valence-electron chi connectivity index (χ0n) is 6.91. The SMILES string of the molecule is Cl.Cl.N[C@H]1C[C@@H](O)[C@@H]1n1cccn1. The smallest absolute Gasteiger partial charge is 0.0929 e. The third-order valence-electron chi connectivity index (χ3n) is 2.18. The fourth-order valence-electron chi connectivity index (χ4n) is 1.48. The number of hydrogen-bond acceptors (Lipinski definition) is 3. The molecule has 13 heavy (non-hydrogen) atoms. The average molecular weight is 226 g/mol. The van der Waals surface area contributed by atoms with Gasteiger partial charge in [-0.05, 0) is 12.5 Å². The van der Waals surface area contributed by atoms with Gasteiger partial charge in [-0.2, -0.15) is 5.10 Å². The summed E-state index contributed by atoms with van der Waals surface area (Å²) in [4.78, 5) is 0. The van der Waals surface area contributed by atoms with Gasteiger partial charge in [-0.1, -0.05) is 0 Å². The van der Waals surface area contributed by atoms with Crippen molar-refractivity contribution in [2.24, 2.45) is 5.73 Å². The Balaban J connectivity index is 0.000000720. The molecule has 1 aromatic heterocycles. The lowest BCUT2D eigenvalue weighted by molar-refractivity contribution is 0.00636. The molecule has 0 aromatic carbocycles. The lowest BCUT2D eigenvalue weighted by Crippen LogP contribution is -2.52. The molecule has 1 saturated carbocycles. The van der Waals surface area contributed by atoms with Gasteiger partial charge in [0.2, 0.25) is 0 Å². The Morgan fingerprint density at radius 1 is 1.46 bits per heavy atom. The molecular weight excluding hydrogens is 213 g/mol. The standard InChI is InChI=1S/C7H11N3O.2ClH/c8-5-4-6(11)7(5)10-3-1-2-9-10;;/h1-3,5-7,11H,4,8H2;2*1H/t5-,6+,7+;;/m0../s1. The first-order chi connectivity index (χ1) is 5.29. The Morgan fingerprint density at radius 3 is 2.54 bits per heavy atom. The molecule has 1 fully saturated rings. The first-order valence-electron chi connectivity index (χ1n) is 3.72. The summed E-state index contributed by atoms with van der Waals surface area (Å²) in [6.07, 6.45) is 3.89. The fourth-order valence-corrected chi connectivity index (χ4v) is 1.48. The van der Waals surface area contributed by atoms with Crippen molar-refractivity contribution in [2.75, 3.05) is 0 Å². The number of aromatic nitrogens is 2. The van der Waals surface area contributed by atoms with E-state index in [1.54, 1.807) is 10.9 Å². The molecule has 1 aromatic rings. The Kier molecular flexibility index (Phi) is 4.70. The van der Waals surface area contributed by atoms with Crippen LogP contribution in [0.2, 0.25) is 0 Å². The van der Waals surface area contributed by atoms with Crippen LogP contribution in [0.25, 0.3) is 0 Å². The van der Waals surface area contributed by atoms with E-state index in [0.29, 0.717) is 6.42 Å². The summed E-state index contributed by atoms with van der Waals surface area (Å²) in [5.74, 6) is 0. The molecule has 0 aliphatic heterocycles. The van der Waals surface area contributed by atoms with Crippen molar-refractivity contribution in [3.63, 3.8) is 0 Å². The molecule has 0 radical (unpaired) electrons. The highest BCUT2D eigenvalue weighted by atomic mass is 35.5. The topological polar surface area (TPSA) is 64.1 Å². The molecule has 2 rings (SSSR count). The number of rotatable bonds is 1. The van der Waals surface area contributed by atoms with Crippen molar-refractivity contribution in [3.8, 4) is 0 Å². The zero-order valence-corrected chi connectivity index (χ0v) is 8.54. The monoisotopic (exact) mass is 225 g/mol. The van der Waals surface area contributed by atoms with E-state index in [4.69, 9.17) is 5.73 Å². The Morgan fingerprint density at radius 2 is 2.15 bits per heavy atom. The van der Waals surface area contributed by atoms with E-state index in [1.165, 1.54) is 0 Å². The molecule has 1 heterocycles. The highest BCUT2D eigenvalue weighted by molar-refractivity contribution is 5.85. The van der Waals surface area contributed by atoms with Gasteiger partial charge in [-0.25, -0.2) is 0 Å². The maximum atomic E-state index is 9.31. The second-order valence-corrected chi connectivity index (χ2v) is 2.94. The minimum Gasteiger partial charge on any atom is -0.391 e. The van der Waals surface area contributed by atoms with Crippen LogP contribution in [-0.2, 0) is 0 Å². The van der Waals surface area contributed by atoms with E-state index in [-0.39, 0.29) is 43.0 Å². The molecule has 1 aliphatic rings. The summed E-state index contributed by atoms with van der Waals surface area (Å²) in [5.41, 5.74) is 5.68. The van der Waals surface area contributed by atoms with Crippen molar-refractivity contribution in [2.45, 2.75) is 24.6 Å². The average Bonchev–Trinajstić information content (AvgIpc) is 2.39. The van der Waals surface area contributed by atoms with Crippen LogP contribution in [-0.4, -0.2) is 27.0 Å². The van der Waals surface area contributed by atoms with Gasteiger partial charge in [0.05, 0.1) is 12.1 Å². The maximum Gasteiger partial charge on any atom is 0.0929 e. The number of aliphatic hydroxyl groups is 1. The summed E-state index contributed by atoms with van der Waals surface area (Å²) in [6.45, 7) is 0. The molecule has 76 valence electrons. The summed E-state index contributed by atoms with van der Waals surface area (Å²) < 4.78 is 1.72. The fraction of sp³-hybridized carbons (Fsp3) is 0.571. The van der Waals surface area contributed by atoms with Crippen LogP contribution >= 0.6 is 24.8 Å². The number of nitrogens with two attached hydrogens (primary N) is 1. The minimum atomic E-state index is -0.315. The predicted octanol–water partition coefficient (Wildman–Crippen LogP) is 0.360. The van der Waals surface area contributed by atoms with Crippen LogP contribution < -0.4 is 5.73 Å². The van der Waals surface area contributed by atoms with E-state index in [1.807, 2.05) is 12.3 Å². The normalized spacial score (nSPS) is 31.1. The third-order valence-corrected chi connectivity index (χ3v) is 2.18. The quantitative estimate of drug-likeness (QED) is 0.726. The van der Waals surface area contributed by atoms with E-state index in [9.17, 15) is 5.11 Å². The molecule has 4 nitrogen and oxygen atoms in total. The lowest BCUT2D eigenvalue weighted by atomic mass is 9.84. The molecule has 6 heteroatoms. The molecule has 0 spiro atoms. The van der Waals surface area contributed by atoms with Crippen LogP contribution in [0.3, 0.4) is 0 Å². The minimum absolute atomic E-state index is 0. The Labute approximate surface area is 88.9 Å². The molecule has 3 atom stereocenters. The van der Waals surface area contributed by atoms with Crippen molar-refractivity contribution < 1.29 is 5.11 Å². The van der Waals surface area contributed by atoms with Crippen LogP contribution in [0, 0.1) is 0 Å². The zero-order chi connectivity index (χ0) is 7.84. The second kappa shape index (κ2) is 4.81.